The Balaban J connectivity index is 2.41. The molecule has 1 aliphatic rings. The van der Waals surface area contributed by atoms with E-state index in [-0.39, 0.29) is 16.8 Å². The molecule has 17 heavy (non-hydrogen) atoms. The Bertz CT molecular complexity index is 567. The molecule has 0 fully saturated rings. The van der Waals surface area contributed by atoms with Crippen LogP contribution in [0.4, 0.5) is 5.69 Å². The number of hydrogen-bond acceptors (Lipinski definition) is 5. The molecule has 0 aliphatic carbocycles. The molecular formula is C8H10ClN3O3S2. The van der Waals surface area contributed by atoms with Gasteiger partial charge < -0.3 is 10.4 Å². The highest BCUT2D eigenvalue weighted by Gasteiger charge is 2.29. The fourth-order valence-corrected chi connectivity index (χ4v) is 4.01. The molecule has 1 aromatic heterocycles. The molecule has 1 atom stereocenters. The van der Waals surface area contributed by atoms with Crippen molar-refractivity contribution in [1.29, 1.82) is 0 Å². The van der Waals surface area contributed by atoms with E-state index in [1.54, 1.807) is 6.92 Å². The van der Waals surface area contributed by atoms with Crippen molar-refractivity contribution in [3.8, 4) is 0 Å². The number of aliphatic hydroxyl groups is 1. The third kappa shape index (κ3) is 2.54. The summed E-state index contributed by atoms with van der Waals surface area (Å²) in [5.41, 5.74) is 0.405. The minimum absolute atomic E-state index is 0.0912. The van der Waals surface area contributed by atoms with Crippen LogP contribution in [-0.2, 0) is 10.0 Å². The van der Waals surface area contributed by atoms with Crippen LogP contribution in [0.2, 0.25) is 4.34 Å². The number of aliphatic imine (C=N–C) groups is 1. The lowest BCUT2D eigenvalue weighted by Crippen LogP contribution is -2.40. The van der Waals surface area contributed by atoms with Gasteiger partial charge in [0.2, 0.25) is 5.96 Å². The lowest BCUT2D eigenvalue weighted by Gasteiger charge is -2.19. The molecule has 0 saturated carbocycles. The number of sulfonamides is 1. The van der Waals surface area contributed by atoms with Crippen molar-refractivity contribution in [2.75, 3.05) is 11.9 Å². The zero-order chi connectivity index (χ0) is 12.6. The first kappa shape index (κ1) is 12.6. The maximum absolute atomic E-state index is 11.8. The third-order valence-electron chi connectivity index (χ3n) is 2.01. The van der Waals surface area contributed by atoms with Crippen LogP contribution >= 0.6 is 22.9 Å². The molecule has 0 spiro atoms. The van der Waals surface area contributed by atoms with Gasteiger partial charge in [0.05, 0.1) is 22.7 Å². The van der Waals surface area contributed by atoms with E-state index >= 15 is 0 Å². The summed E-state index contributed by atoms with van der Waals surface area (Å²) in [6.07, 6.45) is 0. The van der Waals surface area contributed by atoms with Crippen molar-refractivity contribution >= 4 is 44.6 Å². The lowest BCUT2D eigenvalue weighted by atomic mass is 10.4. The van der Waals surface area contributed by atoms with Crippen LogP contribution in [0.3, 0.4) is 0 Å². The summed E-state index contributed by atoms with van der Waals surface area (Å²) in [4.78, 5) is 3.99. The largest absolute Gasteiger partial charge is 0.394 e. The Kier molecular flexibility index (Phi) is 3.30. The van der Waals surface area contributed by atoms with E-state index in [1.807, 2.05) is 0 Å². The summed E-state index contributed by atoms with van der Waals surface area (Å²) >= 11 is 6.74. The van der Waals surface area contributed by atoms with Crippen LogP contribution in [0.25, 0.3) is 0 Å². The van der Waals surface area contributed by atoms with Gasteiger partial charge in [0.1, 0.15) is 0 Å². The Morgan fingerprint density at radius 1 is 1.65 bits per heavy atom. The number of guanidine groups is 1. The first-order valence-corrected chi connectivity index (χ1v) is 7.38. The molecule has 6 nitrogen and oxygen atoms in total. The van der Waals surface area contributed by atoms with Crippen LogP contribution in [0.1, 0.15) is 6.92 Å². The van der Waals surface area contributed by atoms with Gasteiger partial charge in [0.25, 0.3) is 10.0 Å². The van der Waals surface area contributed by atoms with Crippen LogP contribution in [-0.4, -0.2) is 32.1 Å². The lowest BCUT2D eigenvalue weighted by molar-refractivity contribution is 0.274. The summed E-state index contributed by atoms with van der Waals surface area (Å²) in [7, 11) is -3.62. The predicted octanol–water partition coefficient (Wildman–Crippen LogP) is 0.842. The fraction of sp³-hybridized carbons (Fsp3) is 0.375. The van der Waals surface area contributed by atoms with E-state index in [9.17, 15) is 8.42 Å². The molecule has 1 aromatic rings. The highest BCUT2D eigenvalue weighted by atomic mass is 35.5. The predicted molar refractivity (Wildman–Crippen MR) is 67.3 cm³/mol. The Hall–Kier alpha value is -0.830. The van der Waals surface area contributed by atoms with E-state index in [0.717, 1.165) is 11.3 Å². The van der Waals surface area contributed by atoms with E-state index in [4.69, 9.17) is 16.7 Å². The maximum Gasteiger partial charge on any atom is 0.275 e. The topological polar surface area (TPSA) is 90.8 Å². The van der Waals surface area contributed by atoms with Gasteiger partial charge in [-0.1, -0.05) is 11.6 Å². The minimum atomic E-state index is -3.62. The Labute approximate surface area is 107 Å². The average Bonchev–Trinajstić information content (AvgIpc) is 2.58. The number of hydrogen-bond donors (Lipinski definition) is 3. The minimum Gasteiger partial charge on any atom is -0.394 e. The molecule has 0 amide bonds. The van der Waals surface area contributed by atoms with Crippen molar-refractivity contribution in [3.63, 3.8) is 0 Å². The van der Waals surface area contributed by atoms with Crippen molar-refractivity contribution < 1.29 is 13.5 Å². The van der Waals surface area contributed by atoms with Gasteiger partial charge in [0.15, 0.2) is 4.21 Å². The number of fused-ring (bicyclic) bond motifs is 1. The second-order valence-electron chi connectivity index (χ2n) is 3.49. The Morgan fingerprint density at radius 2 is 2.35 bits per heavy atom. The van der Waals surface area contributed by atoms with Crippen LogP contribution in [0.15, 0.2) is 15.3 Å². The number of nitrogens with one attached hydrogen (secondary N) is 2. The Morgan fingerprint density at radius 3 is 3.00 bits per heavy atom. The number of aliphatic hydroxyl groups excluding tert-OH is 1. The van der Waals surface area contributed by atoms with Gasteiger partial charge in [-0.15, -0.1) is 11.3 Å². The molecular weight excluding hydrogens is 286 g/mol. The molecule has 0 saturated heterocycles. The summed E-state index contributed by atoms with van der Waals surface area (Å²) in [6, 6.07) is 1.13. The van der Waals surface area contributed by atoms with Gasteiger partial charge in [-0.05, 0) is 13.0 Å². The second-order valence-corrected chi connectivity index (χ2v) is 7.05. The van der Waals surface area contributed by atoms with Gasteiger partial charge >= 0.3 is 0 Å². The molecule has 3 N–H and O–H groups in total. The zero-order valence-electron chi connectivity index (χ0n) is 8.77. The van der Waals surface area contributed by atoms with Crippen molar-refractivity contribution in [2.45, 2.75) is 17.2 Å². The number of anilines is 1. The third-order valence-corrected chi connectivity index (χ3v) is 5.15. The quantitative estimate of drug-likeness (QED) is 0.754. The first-order chi connectivity index (χ1) is 7.92. The fourth-order valence-electron chi connectivity index (χ4n) is 1.28. The SMILES string of the molecule is C[C@H](CO)N=C1Nc2cc(Cl)sc2S(=O)(=O)N1. The zero-order valence-corrected chi connectivity index (χ0v) is 11.2. The number of thiophene rings is 1. The summed E-state index contributed by atoms with van der Waals surface area (Å²) in [6.45, 7) is 1.50. The maximum atomic E-state index is 11.8. The summed E-state index contributed by atoms with van der Waals surface area (Å²) in [5.74, 6) is 0.0912. The normalized spacial score (nSPS) is 21.5. The summed E-state index contributed by atoms with van der Waals surface area (Å²) < 4.78 is 26.4. The molecule has 94 valence electrons. The number of nitrogens with zero attached hydrogens (tertiary/aromatic N) is 1. The van der Waals surface area contributed by atoms with Crippen LogP contribution < -0.4 is 10.0 Å². The summed E-state index contributed by atoms with van der Waals surface area (Å²) in [5, 5.41) is 11.7. The van der Waals surface area contributed by atoms with Crippen LogP contribution in [0.5, 0.6) is 0 Å². The molecule has 2 heterocycles. The molecule has 0 radical (unpaired) electrons. The van der Waals surface area contributed by atoms with Crippen molar-refractivity contribution in [3.05, 3.63) is 10.4 Å². The highest BCUT2D eigenvalue weighted by molar-refractivity contribution is 7.92. The van der Waals surface area contributed by atoms with Gasteiger partial charge in [-0.3, -0.25) is 0 Å². The number of rotatable bonds is 2. The van der Waals surface area contributed by atoms with Gasteiger partial charge in [-0.2, -0.15) is 0 Å². The molecule has 0 bridgehead atoms. The van der Waals surface area contributed by atoms with Crippen molar-refractivity contribution in [2.24, 2.45) is 4.99 Å². The van der Waals surface area contributed by atoms with Gasteiger partial charge in [-0.25, -0.2) is 18.1 Å². The highest BCUT2D eigenvalue weighted by Crippen LogP contribution is 2.36. The monoisotopic (exact) mass is 295 g/mol. The molecule has 0 unspecified atom stereocenters. The molecule has 1 aliphatic heterocycles. The average molecular weight is 296 g/mol. The standard InChI is InChI=1S/C8H10ClN3O3S2/c1-4(3-13)10-8-11-5-2-6(9)16-7(5)17(14,15)12-8/h2,4,13H,3H2,1H3,(H2,10,11,12)/t4-/m1/s1. The molecule has 0 aromatic carbocycles. The smallest absolute Gasteiger partial charge is 0.275 e. The van der Waals surface area contributed by atoms with Crippen molar-refractivity contribution in [1.82, 2.24) is 4.72 Å². The molecule has 2 rings (SSSR count). The van der Waals surface area contributed by atoms with E-state index in [0.29, 0.717) is 10.0 Å². The van der Waals surface area contributed by atoms with E-state index in [2.05, 4.69) is 15.0 Å². The van der Waals surface area contributed by atoms with E-state index in [1.165, 1.54) is 6.07 Å². The number of halogens is 1. The molecule has 9 heteroatoms. The second kappa shape index (κ2) is 4.45. The van der Waals surface area contributed by atoms with E-state index < -0.39 is 16.1 Å². The van der Waals surface area contributed by atoms with Crippen LogP contribution in [0, 0.1) is 0 Å². The van der Waals surface area contributed by atoms with Gasteiger partial charge in [0, 0.05) is 0 Å². The first-order valence-electron chi connectivity index (χ1n) is 4.70.